The Morgan fingerprint density at radius 2 is 1.94 bits per heavy atom. The topological polar surface area (TPSA) is 98.0 Å². The van der Waals surface area contributed by atoms with Crippen LogP contribution in [0.3, 0.4) is 0 Å². The third kappa shape index (κ3) is 7.36. The molecule has 12 heteroatoms. The van der Waals surface area contributed by atoms with E-state index in [2.05, 4.69) is 56.5 Å². The summed E-state index contributed by atoms with van der Waals surface area (Å²) in [5.41, 5.74) is 2.85. The summed E-state index contributed by atoms with van der Waals surface area (Å²) >= 11 is 7.17. The highest BCUT2D eigenvalue weighted by Gasteiger charge is 2.64. The maximum absolute atomic E-state index is 13.1. The number of fused-ring (bicyclic) bond motifs is 2. The number of carbonyl (C=O) groups excluding carboxylic acids is 1. The van der Waals surface area contributed by atoms with Crippen molar-refractivity contribution in [2.75, 3.05) is 89.3 Å². The van der Waals surface area contributed by atoms with Gasteiger partial charge in [-0.15, -0.1) is 11.6 Å². The molecule has 3 saturated heterocycles. The van der Waals surface area contributed by atoms with Crippen LogP contribution in [0.25, 0.3) is 0 Å². The van der Waals surface area contributed by atoms with Crippen molar-refractivity contribution in [3.05, 3.63) is 54.6 Å². The maximum atomic E-state index is 13.1. The number of quaternary nitrogens is 1. The molecule has 4 fully saturated rings. The molecule has 252 valence electrons. The molecule has 2 aromatic rings. The van der Waals surface area contributed by atoms with Gasteiger partial charge in [-0.1, -0.05) is 30.6 Å². The van der Waals surface area contributed by atoms with Crippen LogP contribution in [-0.2, 0) is 9.36 Å². The average Bonchev–Trinajstić information content (AvgIpc) is 3.76. The molecule has 1 aliphatic carbocycles. The fourth-order valence-electron chi connectivity index (χ4n) is 7.44. The van der Waals surface area contributed by atoms with Gasteiger partial charge >= 0.3 is 0 Å². The van der Waals surface area contributed by atoms with Crippen molar-refractivity contribution in [3.63, 3.8) is 0 Å². The number of nitrogens with one attached hydrogen (secondary N) is 4. The van der Waals surface area contributed by atoms with Crippen LogP contribution < -0.4 is 31.3 Å². The minimum absolute atomic E-state index is 0.187. The lowest BCUT2D eigenvalue weighted by atomic mass is 10.1. The van der Waals surface area contributed by atoms with Gasteiger partial charge in [-0.25, -0.2) is 5.32 Å². The molecular formula is C35H48ClN7O3P+. The number of likely N-dealkylation sites (N-methyl/N-ethyl adjacent to an activating group) is 1. The average molecular weight is 681 g/mol. The van der Waals surface area contributed by atoms with Crippen LogP contribution in [0, 0.1) is 17.8 Å². The van der Waals surface area contributed by atoms with E-state index in [1.54, 1.807) is 20.4 Å². The van der Waals surface area contributed by atoms with Gasteiger partial charge in [0.1, 0.15) is 31.0 Å². The molecule has 0 aromatic heterocycles. The predicted molar refractivity (Wildman–Crippen MR) is 192 cm³/mol. The van der Waals surface area contributed by atoms with Crippen LogP contribution >= 0.6 is 18.7 Å². The Bertz CT molecular complexity index is 1610. The molecule has 10 nitrogen and oxygen atoms in total. The molecule has 0 bridgehead atoms. The second-order valence-electron chi connectivity index (χ2n) is 13.8. The number of para-hydroxylation sites is 1. The molecule has 2 aromatic carbocycles. The second-order valence-corrected chi connectivity index (χ2v) is 17.5. The number of carbonyl (C=O) groups is 1. The number of ether oxygens (including phenoxy) is 1. The number of nitrogens with zero attached hydrogens (tertiary/aromatic N) is 3. The minimum Gasteiger partial charge on any atom is -0.495 e. The molecule has 4 aliphatic rings. The van der Waals surface area contributed by atoms with Crippen LogP contribution in [-0.4, -0.2) is 117 Å². The van der Waals surface area contributed by atoms with Crippen molar-refractivity contribution in [3.8, 4) is 17.6 Å². The number of amides is 1. The monoisotopic (exact) mass is 680 g/mol. The smallest absolute Gasteiger partial charge is 0.247 e. The van der Waals surface area contributed by atoms with E-state index in [0.29, 0.717) is 35.5 Å². The largest absolute Gasteiger partial charge is 0.495 e. The molecule has 47 heavy (non-hydrogen) atoms. The summed E-state index contributed by atoms with van der Waals surface area (Å²) in [5.74, 6) is 7.65. The Labute approximate surface area is 284 Å². The summed E-state index contributed by atoms with van der Waals surface area (Å²) in [4.78, 5) is 17.2. The molecule has 1 amide bonds. The van der Waals surface area contributed by atoms with E-state index in [-0.39, 0.29) is 23.7 Å². The molecule has 0 radical (unpaired) electrons. The van der Waals surface area contributed by atoms with E-state index >= 15 is 0 Å². The molecule has 4 N–H and O–H groups in total. The summed E-state index contributed by atoms with van der Waals surface area (Å²) in [5, 5.41) is 14.8. The highest BCUT2D eigenvalue weighted by molar-refractivity contribution is 7.70. The van der Waals surface area contributed by atoms with Gasteiger partial charge < -0.3 is 30.2 Å². The number of hydrogen-bond donors (Lipinski definition) is 4. The number of methoxy groups -OCH3 is 1. The number of benzene rings is 2. The van der Waals surface area contributed by atoms with Gasteiger partial charge in [0.05, 0.1) is 43.2 Å². The van der Waals surface area contributed by atoms with Gasteiger partial charge in [0.2, 0.25) is 12.2 Å². The van der Waals surface area contributed by atoms with E-state index in [4.69, 9.17) is 16.3 Å². The van der Waals surface area contributed by atoms with Crippen molar-refractivity contribution < 1.29 is 18.6 Å². The number of alkyl halides is 1. The third-order valence-corrected chi connectivity index (χ3v) is 12.1. The van der Waals surface area contributed by atoms with Crippen molar-refractivity contribution >= 4 is 47.0 Å². The number of piperidine rings is 1. The lowest BCUT2D eigenvalue weighted by molar-refractivity contribution is -0.957. The third-order valence-electron chi connectivity index (χ3n) is 10.2. The maximum Gasteiger partial charge on any atom is 0.247 e. The second kappa shape index (κ2) is 13.8. The lowest BCUT2D eigenvalue weighted by Crippen LogP contribution is -2.75. The first-order chi connectivity index (χ1) is 22.5. The van der Waals surface area contributed by atoms with Crippen LogP contribution in [0.4, 0.5) is 17.1 Å². The van der Waals surface area contributed by atoms with Crippen LogP contribution in [0.5, 0.6) is 5.75 Å². The fourth-order valence-corrected chi connectivity index (χ4v) is 8.99. The first kappa shape index (κ1) is 33.9. The predicted octanol–water partition coefficient (Wildman–Crippen LogP) is 3.62. The van der Waals surface area contributed by atoms with Gasteiger partial charge in [0.25, 0.3) is 0 Å². The van der Waals surface area contributed by atoms with Crippen molar-refractivity contribution in [1.82, 2.24) is 15.1 Å². The van der Waals surface area contributed by atoms with E-state index < -0.39 is 7.14 Å². The van der Waals surface area contributed by atoms with Gasteiger partial charge in [-0.05, 0) is 44.7 Å². The van der Waals surface area contributed by atoms with E-state index in [9.17, 15) is 9.36 Å². The fraction of sp³-hybridized carbons (Fsp3) is 0.514. The summed E-state index contributed by atoms with van der Waals surface area (Å²) < 4.78 is 19.9. The van der Waals surface area contributed by atoms with E-state index in [0.717, 1.165) is 60.4 Å². The van der Waals surface area contributed by atoms with Gasteiger partial charge in [0.15, 0.2) is 0 Å². The zero-order valence-electron chi connectivity index (χ0n) is 27.9. The molecule has 6 rings (SSSR count). The highest BCUT2D eigenvalue weighted by Crippen LogP contribution is 2.52. The quantitative estimate of drug-likeness (QED) is 0.105. The molecule has 6 atom stereocenters. The van der Waals surface area contributed by atoms with E-state index in [1.165, 1.54) is 18.9 Å². The summed E-state index contributed by atoms with van der Waals surface area (Å²) in [6.45, 7) is 13.7. The Balaban J connectivity index is 1.30. The summed E-state index contributed by atoms with van der Waals surface area (Å²) in [7, 11) is 1.27. The minimum atomic E-state index is -2.52. The normalized spacial score (nSPS) is 28.9. The van der Waals surface area contributed by atoms with Gasteiger partial charge in [-0.3, -0.25) is 14.2 Å². The molecular weight excluding hydrogens is 633 g/mol. The number of hydrogen-bond acceptors (Lipinski definition) is 8. The Hall–Kier alpha value is -3.03. The van der Waals surface area contributed by atoms with Gasteiger partial charge in [0, 0.05) is 62.0 Å². The molecule has 1 saturated carbocycles. The number of anilines is 3. The van der Waals surface area contributed by atoms with Crippen molar-refractivity contribution in [2.24, 2.45) is 5.92 Å². The van der Waals surface area contributed by atoms with E-state index in [1.807, 2.05) is 36.4 Å². The lowest BCUT2D eigenvalue weighted by Gasteiger charge is -2.51. The van der Waals surface area contributed by atoms with Crippen molar-refractivity contribution in [1.29, 1.82) is 0 Å². The zero-order chi connectivity index (χ0) is 33.3. The Morgan fingerprint density at radius 3 is 2.60 bits per heavy atom. The first-order valence-corrected chi connectivity index (χ1v) is 19.5. The van der Waals surface area contributed by atoms with Crippen LogP contribution in [0.15, 0.2) is 49.1 Å². The SMILES string of the molecule is C=CC(=O)Nc1cc(NC2NC(Nc3ccccc3P(C)(C)=O)C(Cl)C[N+]23CCC2CC23)c(OC)cc1C#CCN1CCN(C)CC1. The first-order valence-electron chi connectivity index (χ1n) is 16.5. The van der Waals surface area contributed by atoms with Crippen LogP contribution in [0.2, 0.25) is 0 Å². The standard InChI is InChI=1S/C35H47ClN7O3P/c1-6-33(44)37-28-22-29(31(46-3)21-24(28)10-9-14-42-17-15-41(2)16-18-42)39-35-40-34(26(36)23-43(35)19-13-25-20-30(25)43)38-27-11-7-8-12-32(27)47(4,5)45/h6-8,11-12,21-22,25-26,30,34-35,39-40H,1,13-20,23H2,2-5H3,(H-,37,38,44,45)/p+1. The molecule has 3 heterocycles. The number of halogens is 1. The molecule has 1 spiro atoms. The zero-order valence-corrected chi connectivity index (χ0v) is 29.5. The van der Waals surface area contributed by atoms with Crippen molar-refractivity contribution in [2.45, 2.75) is 36.7 Å². The summed E-state index contributed by atoms with van der Waals surface area (Å²) in [6.07, 6.45) is 3.16. The Kier molecular flexibility index (Phi) is 9.96. The van der Waals surface area contributed by atoms with Crippen LogP contribution in [0.1, 0.15) is 18.4 Å². The Morgan fingerprint density at radius 1 is 1.17 bits per heavy atom. The number of piperazine rings is 1. The summed E-state index contributed by atoms with van der Waals surface area (Å²) in [6, 6.07) is 12.1. The van der Waals surface area contributed by atoms with Gasteiger partial charge in [-0.2, -0.15) is 0 Å². The molecule has 6 unspecified atom stereocenters. The highest BCUT2D eigenvalue weighted by atomic mass is 35.5. The molecule has 3 aliphatic heterocycles. The number of rotatable bonds is 9.